The van der Waals surface area contributed by atoms with E-state index in [-0.39, 0.29) is 6.04 Å². The van der Waals surface area contributed by atoms with E-state index in [2.05, 4.69) is 4.90 Å². The van der Waals surface area contributed by atoms with Gasteiger partial charge in [-0.2, -0.15) is 0 Å². The topological polar surface area (TPSA) is 38.8 Å². The number of carbonyl (C=O) groups excluding carboxylic acids is 1. The predicted octanol–water partition coefficient (Wildman–Crippen LogP) is 3.95. The Bertz CT molecular complexity index is 552. The van der Waals surface area contributed by atoms with Gasteiger partial charge in [-0.05, 0) is 49.8 Å². The monoisotopic (exact) mass is 317 g/mol. The molecular weight excluding hydrogens is 290 g/mol. The fourth-order valence-corrected chi connectivity index (χ4v) is 4.07. The summed E-state index contributed by atoms with van der Waals surface area (Å²) in [4.78, 5) is 14.9. The van der Waals surface area contributed by atoms with Crippen molar-refractivity contribution in [2.75, 3.05) is 20.8 Å². The van der Waals surface area contributed by atoms with Crippen LogP contribution in [0.3, 0.4) is 0 Å². The van der Waals surface area contributed by atoms with Crippen LogP contribution in [0.1, 0.15) is 56.6 Å². The maximum atomic E-state index is 12.8. The van der Waals surface area contributed by atoms with Crippen molar-refractivity contribution in [3.8, 4) is 11.5 Å². The zero-order chi connectivity index (χ0) is 16.2. The van der Waals surface area contributed by atoms with Crippen LogP contribution in [0.15, 0.2) is 18.2 Å². The number of nitrogens with zero attached hydrogens (tertiary/aromatic N) is 1. The number of rotatable bonds is 5. The Balaban J connectivity index is 1.79. The van der Waals surface area contributed by atoms with E-state index in [1.54, 1.807) is 14.2 Å². The van der Waals surface area contributed by atoms with Crippen LogP contribution in [0.5, 0.6) is 11.5 Å². The molecule has 0 bridgehead atoms. The third kappa shape index (κ3) is 3.46. The highest BCUT2D eigenvalue weighted by Crippen LogP contribution is 2.40. The zero-order valence-electron chi connectivity index (χ0n) is 14.2. The average molecular weight is 317 g/mol. The number of hydrogen-bond donors (Lipinski definition) is 0. The molecule has 1 aliphatic carbocycles. The zero-order valence-corrected chi connectivity index (χ0v) is 14.2. The summed E-state index contributed by atoms with van der Waals surface area (Å²) < 4.78 is 10.9. The average Bonchev–Trinajstić information content (AvgIpc) is 3.25. The van der Waals surface area contributed by atoms with Crippen molar-refractivity contribution in [3.63, 3.8) is 0 Å². The molecule has 1 aromatic carbocycles. The lowest BCUT2D eigenvalue weighted by Crippen LogP contribution is -2.31. The van der Waals surface area contributed by atoms with Gasteiger partial charge < -0.3 is 14.4 Å². The summed E-state index contributed by atoms with van der Waals surface area (Å²) in [5, 5.41) is 0. The highest BCUT2D eigenvalue weighted by molar-refractivity contribution is 5.77. The number of benzene rings is 1. The van der Waals surface area contributed by atoms with Crippen LogP contribution in [0.2, 0.25) is 0 Å². The number of carbonyl (C=O) groups is 1. The first kappa shape index (κ1) is 16.2. The van der Waals surface area contributed by atoms with Gasteiger partial charge in [-0.1, -0.05) is 12.8 Å². The molecule has 1 heterocycles. The molecule has 1 amide bonds. The van der Waals surface area contributed by atoms with E-state index in [9.17, 15) is 4.79 Å². The molecule has 126 valence electrons. The minimum Gasteiger partial charge on any atom is -0.497 e. The molecule has 3 rings (SSSR count). The minimum absolute atomic E-state index is 0.119. The second-order valence-electron chi connectivity index (χ2n) is 6.71. The lowest BCUT2D eigenvalue weighted by Gasteiger charge is -2.27. The SMILES string of the molecule is COc1ccc(OC)c(C2CCCN2C(=O)CC2CCCC2)c1. The summed E-state index contributed by atoms with van der Waals surface area (Å²) in [7, 11) is 3.36. The third-order valence-corrected chi connectivity index (χ3v) is 5.31. The number of methoxy groups -OCH3 is 2. The Morgan fingerprint density at radius 3 is 2.61 bits per heavy atom. The van der Waals surface area contributed by atoms with Gasteiger partial charge in [-0.15, -0.1) is 0 Å². The van der Waals surface area contributed by atoms with Crippen LogP contribution in [0.25, 0.3) is 0 Å². The summed E-state index contributed by atoms with van der Waals surface area (Å²) in [5.41, 5.74) is 1.07. The fourth-order valence-electron chi connectivity index (χ4n) is 4.07. The largest absolute Gasteiger partial charge is 0.497 e. The van der Waals surface area contributed by atoms with Crippen LogP contribution < -0.4 is 9.47 Å². The maximum Gasteiger partial charge on any atom is 0.223 e. The van der Waals surface area contributed by atoms with E-state index < -0.39 is 0 Å². The Morgan fingerprint density at radius 1 is 1.13 bits per heavy atom. The van der Waals surface area contributed by atoms with Gasteiger partial charge in [0, 0.05) is 18.5 Å². The van der Waals surface area contributed by atoms with Gasteiger partial charge in [0.05, 0.1) is 20.3 Å². The van der Waals surface area contributed by atoms with Crippen molar-refractivity contribution >= 4 is 5.91 Å². The van der Waals surface area contributed by atoms with Gasteiger partial charge in [0.2, 0.25) is 5.91 Å². The second kappa shape index (κ2) is 7.24. The summed E-state index contributed by atoms with van der Waals surface area (Å²) in [6.07, 6.45) is 7.76. The van der Waals surface area contributed by atoms with E-state index in [1.807, 2.05) is 18.2 Å². The lowest BCUT2D eigenvalue weighted by molar-refractivity contribution is -0.133. The van der Waals surface area contributed by atoms with Crippen LogP contribution in [-0.4, -0.2) is 31.6 Å². The van der Waals surface area contributed by atoms with E-state index in [0.717, 1.165) is 36.4 Å². The Labute approximate surface area is 138 Å². The molecule has 23 heavy (non-hydrogen) atoms. The molecule has 0 aromatic heterocycles. The number of likely N-dealkylation sites (tertiary alicyclic amines) is 1. The molecule has 0 radical (unpaired) electrons. The molecule has 1 saturated carbocycles. The second-order valence-corrected chi connectivity index (χ2v) is 6.71. The van der Waals surface area contributed by atoms with Crippen molar-refractivity contribution < 1.29 is 14.3 Å². The molecule has 1 unspecified atom stereocenters. The van der Waals surface area contributed by atoms with Crippen LogP contribution in [0, 0.1) is 5.92 Å². The maximum absolute atomic E-state index is 12.8. The van der Waals surface area contributed by atoms with Gasteiger partial charge in [0.25, 0.3) is 0 Å². The predicted molar refractivity (Wildman–Crippen MR) is 89.8 cm³/mol. The van der Waals surface area contributed by atoms with Gasteiger partial charge in [0.15, 0.2) is 0 Å². The fraction of sp³-hybridized carbons (Fsp3) is 0.632. The lowest BCUT2D eigenvalue weighted by atomic mass is 10.00. The van der Waals surface area contributed by atoms with E-state index in [4.69, 9.17) is 9.47 Å². The highest BCUT2D eigenvalue weighted by Gasteiger charge is 2.33. The van der Waals surface area contributed by atoms with E-state index in [0.29, 0.717) is 18.2 Å². The molecular formula is C19H27NO3. The summed E-state index contributed by atoms with van der Waals surface area (Å²) >= 11 is 0. The van der Waals surface area contributed by atoms with Crippen molar-refractivity contribution in [1.29, 1.82) is 0 Å². The van der Waals surface area contributed by atoms with E-state index in [1.165, 1.54) is 25.7 Å². The highest BCUT2D eigenvalue weighted by atomic mass is 16.5. The number of ether oxygens (including phenoxy) is 2. The first-order chi connectivity index (χ1) is 11.2. The van der Waals surface area contributed by atoms with Crippen molar-refractivity contribution in [3.05, 3.63) is 23.8 Å². The van der Waals surface area contributed by atoms with Crippen LogP contribution in [-0.2, 0) is 4.79 Å². The molecule has 1 aromatic rings. The molecule has 4 heteroatoms. The van der Waals surface area contributed by atoms with Crippen molar-refractivity contribution in [2.24, 2.45) is 5.92 Å². The quantitative estimate of drug-likeness (QED) is 0.825. The molecule has 1 saturated heterocycles. The molecule has 1 atom stereocenters. The van der Waals surface area contributed by atoms with Gasteiger partial charge in [-0.25, -0.2) is 0 Å². The Morgan fingerprint density at radius 2 is 1.91 bits per heavy atom. The Hall–Kier alpha value is -1.71. The van der Waals surface area contributed by atoms with Crippen molar-refractivity contribution in [1.82, 2.24) is 4.90 Å². The molecule has 2 fully saturated rings. The number of amides is 1. The third-order valence-electron chi connectivity index (χ3n) is 5.31. The normalized spacial score (nSPS) is 21.7. The molecule has 4 nitrogen and oxygen atoms in total. The van der Waals surface area contributed by atoms with Gasteiger partial charge in [0.1, 0.15) is 11.5 Å². The first-order valence-electron chi connectivity index (χ1n) is 8.74. The van der Waals surface area contributed by atoms with E-state index >= 15 is 0 Å². The minimum atomic E-state index is 0.119. The molecule has 0 spiro atoms. The summed E-state index contributed by atoms with van der Waals surface area (Å²) in [5.74, 6) is 2.56. The van der Waals surface area contributed by atoms with Gasteiger partial charge >= 0.3 is 0 Å². The molecule has 1 aliphatic heterocycles. The van der Waals surface area contributed by atoms with Crippen LogP contribution in [0.4, 0.5) is 0 Å². The van der Waals surface area contributed by atoms with Crippen LogP contribution >= 0.6 is 0 Å². The van der Waals surface area contributed by atoms with Crippen molar-refractivity contribution in [2.45, 2.75) is 51.0 Å². The first-order valence-corrected chi connectivity index (χ1v) is 8.74. The van der Waals surface area contributed by atoms with Gasteiger partial charge in [-0.3, -0.25) is 4.79 Å². The molecule has 0 N–H and O–H groups in total. The summed E-state index contributed by atoms with van der Waals surface area (Å²) in [6.45, 7) is 0.858. The standard InChI is InChI=1S/C19H27NO3/c1-22-15-9-10-18(23-2)16(13-15)17-8-5-11-20(17)19(21)12-14-6-3-4-7-14/h9-10,13-14,17H,3-8,11-12H2,1-2H3. The summed E-state index contributed by atoms with van der Waals surface area (Å²) in [6, 6.07) is 5.98. The Kier molecular flexibility index (Phi) is 5.09. The smallest absolute Gasteiger partial charge is 0.223 e. The number of hydrogen-bond acceptors (Lipinski definition) is 3. The molecule has 2 aliphatic rings.